The molecule has 3 aromatic rings. The lowest BCUT2D eigenvalue weighted by atomic mass is 10.1. The van der Waals surface area contributed by atoms with Gasteiger partial charge in [0.25, 0.3) is 0 Å². The van der Waals surface area contributed by atoms with Crippen LogP contribution in [0.5, 0.6) is 11.5 Å². The predicted octanol–water partition coefficient (Wildman–Crippen LogP) is 0.815. The summed E-state index contributed by atoms with van der Waals surface area (Å²) >= 11 is 1.43. The van der Waals surface area contributed by atoms with E-state index in [1.54, 1.807) is 6.08 Å². The quantitative estimate of drug-likeness (QED) is 0.413. The summed E-state index contributed by atoms with van der Waals surface area (Å²) in [5.74, 6) is 1.47. The third kappa shape index (κ3) is 4.92. The Morgan fingerprint density at radius 2 is 1.93 bits per heavy atom. The first-order valence-electron chi connectivity index (χ1n) is 9.09. The first-order chi connectivity index (χ1) is 14.2. The molecule has 30 heavy (non-hydrogen) atoms. The zero-order valence-corrected chi connectivity index (χ0v) is 18.4. The number of rotatable bonds is 5. The van der Waals surface area contributed by atoms with Gasteiger partial charge in [0.05, 0.1) is 5.69 Å². The van der Waals surface area contributed by atoms with Crippen LogP contribution in [-0.2, 0) is 6.54 Å². The van der Waals surface area contributed by atoms with E-state index >= 15 is 0 Å². The molecule has 2 heterocycles. The molecule has 156 valence electrons. The number of ether oxygens (including phenoxy) is 2. The fourth-order valence-corrected chi connectivity index (χ4v) is 3.82. The van der Waals surface area contributed by atoms with Crippen LogP contribution in [0.15, 0.2) is 71.7 Å². The van der Waals surface area contributed by atoms with Gasteiger partial charge in [-0.2, -0.15) is 0 Å². The summed E-state index contributed by atoms with van der Waals surface area (Å²) in [6.45, 7) is 5.47. The van der Waals surface area contributed by atoms with Crippen molar-refractivity contribution in [1.82, 2.24) is 9.99 Å². The van der Waals surface area contributed by atoms with E-state index in [4.69, 9.17) is 9.47 Å². The van der Waals surface area contributed by atoms with Gasteiger partial charge in [-0.05, 0) is 30.3 Å². The summed E-state index contributed by atoms with van der Waals surface area (Å²) in [5, 5.41) is 9.00. The van der Waals surface area contributed by atoms with Crippen molar-refractivity contribution in [2.45, 2.75) is 6.54 Å². The van der Waals surface area contributed by atoms with Crippen LogP contribution in [0.1, 0.15) is 0 Å². The minimum Gasteiger partial charge on any atom is -1.00 e. The SMILES string of the molecule is C=CCn1c(-c2ccc3c(c2)OCCO3)cs/c1=N\NC(=O)Nc1ccccc1.[Br-]. The molecule has 2 N–H and O–H groups in total. The van der Waals surface area contributed by atoms with Gasteiger partial charge in [0, 0.05) is 23.2 Å². The second kappa shape index (κ2) is 10.1. The number of benzene rings is 2. The van der Waals surface area contributed by atoms with Crippen molar-refractivity contribution in [3.8, 4) is 22.8 Å². The molecule has 0 fully saturated rings. The maximum absolute atomic E-state index is 12.1. The van der Waals surface area contributed by atoms with Gasteiger partial charge in [0.2, 0.25) is 4.80 Å². The fourth-order valence-electron chi connectivity index (χ4n) is 2.94. The number of nitrogens with zero attached hydrogens (tertiary/aromatic N) is 2. The van der Waals surface area contributed by atoms with Crippen molar-refractivity contribution in [3.63, 3.8) is 0 Å². The van der Waals surface area contributed by atoms with E-state index in [0.29, 0.717) is 30.2 Å². The number of carbonyl (C=O) groups excluding carboxylic acids is 1. The molecule has 1 aromatic heterocycles. The molecule has 4 rings (SSSR count). The highest BCUT2D eigenvalue weighted by Crippen LogP contribution is 2.34. The molecule has 0 aliphatic carbocycles. The lowest BCUT2D eigenvalue weighted by Gasteiger charge is -2.19. The maximum Gasteiger partial charge on any atom is 0.339 e. The van der Waals surface area contributed by atoms with Crippen molar-refractivity contribution >= 4 is 23.1 Å². The van der Waals surface area contributed by atoms with E-state index in [2.05, 4.69) is 22.4 Å². The minimum atomic E-state index is -0.407. The first kappa shape index (κ1) is 21.7. The summed E-state index contributed by atoms with van der Waals surface area (Å²) in [4.78, 5) is 12.8. The minimum absolute atomic E-state index is 0. The van der Waals surface area contributed by atoms with Gasteiger partial charge in [-0.1, -0.05) is 24.3 Å². The maximum atomic E-state index is 12.1. The Morgan fingerprint density at radius 1 is 1.17 bits per heavy atom. The highest BCUT2D eigenvalue weighted by Gasteiger charge is 2.15. The molecule has 0 atom stereocenters. The number of nitrogens with one attached hydrogen (secondary N) is 2. The zero-order chi connectivity index (χ0) is 20.1. The molecule has 0 unspecified atom stereocenters. The molecule has 9 heteroatoms. The van der Waals surface area contributed by atoms with Gasteiger partial charge in [0.15, 0.2) is 11.5 Å². The van der Waals surface area contributed by atoms with Crippen molar-refractivity contribution in [3.05, 3.63) is 71.4 Å². The van der Waals surface area contributed by atoms with Crippen LogP contribution in [-0.4, -0.2) is 23.8 Å². The Labute approximate surface area is 188 Å². The Hall–Kier alpha value is -3.04. The standard InChI is InChI=1S/C21H20N4O3S.BrH/c1-2-10-25-17(15-8-9-18-19(13-15)28-12-11-27-18)14-29-21(25)24-23-20(26)22-16-6-4-3-5-7-16;/h2-9,13-14H,1,10-12H2,(H2,22,23,26);1H/p-1/b24-21-;. The second-order valence-corrected chi connectivity index (χ2v) is 7.04. The van der Waals surface area contributed by atoms with E-state index in [0.717, 1.165) is 22.8 Å². The Kier molecular flexibility index (Phi) is 7.31. The summed E-state index contributed by atoms with van der Waals surface area (Å²) in [5.41, 5.74) is 5.17. The predicted molar refractivity (Wildman–Crippen MR) is 113 cm³/mol. The van der Waals surface area contributed by atoms with Crippen molar-refractivity contribution in [2.24, 2.45) is 5.10 Å². The third-order valence-electron chi connectivity index (χ3n) is 4.23. The van der Waals surface area contributed by atoms with E-state index in [-0.39, 0.29) is 17.0 Å². The fraction of sp³-hybridized carbons (Fsp3) is 0.143. The number of aromatic nitrogens is 1. The molecule has 1 aliphatic heterocycles. The molecule has 0 radical (unpaired) electrons. The average molecular weight is 488 g/mol. The number of halogens is 1. The molecule has 2 amide bonds. The average Bonchev–Trinajstić information content (AvgIpc) is 3.15. The van der Waals surface area contributed by atoms with Crippen LogP contribution >= 0.6 is 11.3 Å². The van der Waals surface area contributed by atoms with Crippen LogP contribution in [0.3, 0.4) is 0 Å². The van der Waals surface area contributed by atoms with E-state index in [1.807, 2.05) is 58.5 Å². The van der Waals surface area contributed by atoms with Crippen LogP contribution < -0.4 is 42.0 Å². The van der Waals surface area contributed by atoms with Crippen LogP contribution in [0.4, 0.5) is 10.5 Å². The summed E-state index contributed by atoms with van der Waals surface area (Å²) in [6.07, 6.45) is 1.79. The van der Waals surface area contributed by atoms with Crippen molar-refractivity contribution < 1.29 is 31.2 Å². The van der Waals surface area contributed by atoms with Crippen LogP contribution in [0.25, 0.3) is 11.3 Å². The number of hydrogen-bond donors (Lipinski definition) is 2. The summed E-state index contributed by atoms with van der Waals surface area (Å²) in [7, 11) is 0. The van der Waals surface area contributed by atoms with Gasteiger partial charge in [0.1, 0.15) is 13.2 Å². The molecule has 2 aromatic carbocycles. The number of anilines is 1. The van der Waals surface area contributed by atoms with Gasteiger partial charge in [-0.15, -0.1) is 23.0 Å². The lowest BCUT2D eigenvalue weighted by Crippen LogP contribution is -3.00. The van der Waals surface area contributed by atoms with Gasteiger partial charge < -0.3 is 36.3 Å². The third-order valence-corrected chi connectivity index (χ3v) is 5.10. The number of urea groups is 1. The molecular formula is C21H20BrN4O3S-. The van der Waals surface area contributed by atoms with E-state index < -0.39 is 6.03 Å². The summed E-state index contributed by atoms with van der Waals surface area (Å²) in [6, 6.07) is 14.6. The van der Waals surface area contributed by atoms with Gasteiger partial charge >= 0.3 is 6.03 Å². The molecule has 1 aliphatic rings. The Bertz CT molecular complexity index is 1100. The topological polar surface area (TPSA) is 76.9 Å². The molecule has 0 spiro atoms. The number of allylic oxidation sites excluding steroid dienone is 1. The molecule has 7 nitrogen and oxygen atoms in total. The number of amides is 2. The molecular weight excluding hydrogens is 468 g/mol. The normalized spacial score (nSPS) is 12.6. The lowest BCUT2D eigenvalue weighted by molar-refractivity contribution is -0.00000940. The second-order valence-electron chi connectivity index (χ2n) is 6.20. The van der Waals surface area contributed by atoms with Gasteiger partial charge in [-0.25, -0.2) is 10.2 Å². The number of thiazole rings is 1. The van der Waals surface area contributed by atoms with E-state index in [1.165, 1.54) is 11.3 Å². The molecule has 0 bridgehead atoms. The highest BCUT2D eigenvalue weighted by molar-refractivity contribution is 7.07. The van der Waals surface area contributed by atoms with Crippen molar-refractivity contribution in [1.29, 1.82) is 0 Å². The smallest absolute Gasteiger partial charge is 0.339 e. The number of carbonyl (C=O) groups is 1. The first-order valence-corrected chi connectivity index (χ1v) is 9.97. The number of fused-ring (bicyclic) bond motifs is 1. The van der Waals surface area contributed by atoms with Gasteiger partial charge in [-0.3, -0.25) is 0 Å². The van der Waals surface area contributed by atoms with Crippen molar-refractivity contribution in [2.75, 3.05) is 18.5 Å². The van der Waals surface area contributed by atoms with E-state index in [9.17, 15) is 4.79 Å². The Morgan fingerprint density at radius 3 is 2.70 bits per heavy atom. The largest absolute Gasteiger partial charge is 1.00 e. The number of para-hydroxylation sites is 1. The number of hydrogen-bond acceptors (Lipinski definition) is 5. The highest BCUT2D eigenvalue weighted by atomic mass is 79.9. The molecule has 0 saturated heterocycles. The Balaban J connectivity index is 0.00000256. The summed E-state index contributed by atoms with van der Waals surface area (Å²) < 4.78 is 13.3. The van der Waals surface area contributed by atoms with Crippen LogP contribution in [0.2, 0.25) is 0 Å². The van der Waals surface area contributed by atoms with Crippen LogP contribution in [0, 0.1) is 0 Å². The zero-order valence-electron chi connectivity index (χ0n) is 16.0. The monoisotopic (exact) mass is 487 g/mol. The molecule has 0 saturated carbocycles.